The molecule has 2 aromatic rings. The zero-order valence-corrected chi connectivity index (χ0v) is 17.4. The molecule has 1 nitrogen and oxygen atoms in total. The Morgan fingerprint density at radius 1 is 0.923 bits per heavy atom. The van der Waals surface area contributed by atoms with E-state index >= 15 is 0 Å². The Morgan fingerprint density at radius 3 is 2.00 bits per heavy atom. The minimum atomic E-state index is 0.157. The fourth-order valence-corrected chi connectivity index (χ4v) is 5.10. The van der Waals surface area contributed by atoms with E-state index in [1.807, 2.05) is 0 Å². The molecule has 1 heterocycles. The molecule has 3 rings (SSSR count). The van der Waals surface area contributed by atoms with Crippen LogP contribution in [0.1, 0.15) is 70.6 Å². The molecule has 1 heteroatoms. The summed E-state index contributed by atoms with van der Waals surface area (Å²) in [6.45, 7) is 14.3. The van der Waals surface area contributed by atoms with Gasteiger partial charge in [-0.1, -0.05) is 76.2 Å². The van der Waals surface area contributed by atoms with Gasteiger partial charge in [-0.3, -0.25) is 0 Å². The highest BCUT2D eigenvalue weighted by Gasteiger charge is 2.48. The third-order valence-corrected chi connectivity index (χ3v) is 6.20. The van der Waals surface area contributed by atoms with E-state index in [4.69, 9.17) is 0 Å². The zero-order chi connectivity index (χ0) is 18.9. The van der Waals surface area contributed by atoms with Crippen molar-refractivity contribution in [2.75, 3.05) is 4.90 Å². The smallest absolute Gasteiger partial charge is 0.0438 e. The largest absolute Gasteiger partial charge is 0.362 e. The first-order chi connectivity index (χ1) is 12.4. The van der Waals surface area contributed by atoms with E-state index < -0.39 is 0 Å². The van der Waals surface area contributed by atoms with Gasteiger partial charge in [-0.05, 0) is 55.7 Å². The van der Waals surface area contributed by atoms with Crippen LogP contribution in [0.3, 0.4) is 0 Å². The average molecular weight is 350 g/mol. The average Bonchev–Trinajstić information content (AvgIpc) is 2.92. The Bertz CT molecular complexity index is 707. The topological polar surface area (TPSA) is 3.24 Å². The van der Waals surface area contributed by atoms with Crippen LogP contribution in [-0.4, -0.2) is 11.6 Å². The maximum absolute atomic E-state index is 2.80. The second-order valence-electron chi connectivity index (χ2n) is 8.77. The molecule has 0 spiro atoms. The molecule has 2 aromatic carbocycles. The molecule has 1 fully saturated rings. The fraction of sp³-hybridized carbons (Fsp3) is 0.520. The highest BCUT2D eigenvalue weighted by Crippen LogP contribution is 2.50. The summed E-state index contributed by atoms with van der Waals surface area (Å²) >= 11 is 0. The molecular formula is C25H35N. The van der Waals surface area contributed by atoms with Crippen LogP contribution < -0.4 is 4.90 Å². The highest BCUT2D eigenvalue weighted by atomic mass is 15.3. The van der Waals surface area contributed by atoms with Crippen molar-refractivity contribution in [3.05, 3.63) is 65.2 Å². The van der Waals surface area contributed by atoms with Gasteiger partial charge in [0.05, 0.1) is 0 Å². The predicted octanol–water partition coefficient (Wildman–Crippen LogP) is 6.61. The van der Waals surface area contributed by atoms with Gasteiger partial charge in [0.15, 0.2) is 0 Å². The fourth-order valence-electron chi connectivity index (χ4n) is 5.10. The van der Waals surface area contributed by atoms with Gasteiger partial charge in [-0.15, -0.1) is 0 Å². The van der Waals surface area contributed by atoms with Crippen LogP contribution >= 0.6 is 0 Å². The lowest BCUT2D eigenvalue weighted by Gasteiger charge is -2.42. The van der Waals surface area contributed by atoms with E-state index in [1.54, 1.807) is 0 Å². The van der Waals surface area contributed by atoms with Gasteiger partial charge in [0.2, 0.25) is 0 Å². The third kappa shape index (κ3) is 3.29. The van der Waals surface area contributed by atoms with Crippen LogP contribution in [0.5, 0.6) is 0 Å². The maximum atomic E-state index is 2.80. The minimum Gasteiger partial charge on any atom is -0.362 e. The van der Waals surface area contributed by atoms with Gasteiger partial charge < -0.3 is 4.90 Å². The molecule has 0 bridgehead atoms. The minimum absolute atomic E-state index is 0.157. The monoisotopic (exact) mass is 349 g/mol. The van der Waals surface area contributed by atoms with Crippen LogP contribution in [0, 0.1) is 5.92 Å². The first-order valence-corrected chi connectivity index (χ1v) is 10.4. The van der Waals surface area contributed by atoms with Crippen molar-refractivity contribution < 1.29 is 0 Å². The van der Waals surface area contributed by atoms with Crippen molar-refractivity contribution in [3.63, 3.8) is 0 Å². The van der Waals surface area contributed by atoms with Crippen molar-refractivity contribution in [2.45, 2.75) is 78.3 Å². The van der Waals surface area contributed by atoms with E-state index in [1.165, 1.54) is 28.8 Å². The van der Waals surface area contributed by atoms with Gasteiger partial charge >= 0.3 is 0 Å². The zero-order valence-electron chi connectivity index (χ0n) is 17.4. The van der Waals surface area contributed by atoms with E-state index in [-0.39, 0.29) is 5.54 Å². The van der Waals surface area contributed by atoms with Gasteiger partial charge in [-0.25, -0.2) is 0 Å². The number of anilines is 1. The molecule has 0 aliphatic carbocycles. The van der Waals surface area contributed by atoms with Gasteiger partial charge in [0.25, 0.3) is 0 Å². The number of para-hydroxylation sites is 1. The van der Waals surface area contributed by atoms with Crippen LogP contribution in [0.25, 0.3) is 0 Å². The number of nitrogens with zero attached hydrogens (tertiary/aromatic N) is 1. The lowest BCUT2D eigenvalue weighted by Crippen LogP contribution is -2.46. The summed E-state index contributed by atoms with van der Waals surface area (Å²) in [6.07, 6.45) is 3.40. The van der Waals surface area contributed by atoms with E-state index in [2.05, 4.69) is 95.0 Å². The molecule has 1 aliphatic heterocycles. The first-order valence-electron chi connectivity index (χ1n) is 10.4. The van der Waals surface area contributed by atoms with Crippen LogP contribution in [0.2, 0.25) is 0 Å². The molecule has 2 atom stereocenters. The van der Waals surface area contributed by atoms with Crippen LogP contribution in [-0.2, 0) is 12.8 Å². The lowest BCUT2D eigenvalue weighted by molar-refractivity contribution is 0.433. The Morgan fingerprint density at radius 2 is 1.50 bits per heavy atom. The second kappa shape index (κ2) is 7.47. The SMILES string of the molecule is CCc1cccc(CC)c1N1[C@@H](C(C)C)C(c2ccccc2)CC1(C)C. The molecule has 140 valence electrons. The summed E-state index contributed by atoms with van der Waals surface area (Å²) in [6, 6.07) is 18.6. The summed E-state index contributed by atoms with van der Waals surface area (Å²) in [5.41, 5.74) is 6.16. The number of rotatable bonds is 5. The summed E-state index contributed by atoms with van der Waals surface area (Å²) in [5.74, 6) is 1.19. The summed E-state index contributed by atoms with van der Waals surface area (Å²) < 4.78 is 0. The standard InChI is InChI=1S/C25H35N/c1-7-19-15-12-16-20(8-2)24(19)26-23(18(3)4)22(17-25(26,5)6)21-13-10-9-11-14-21/h9-16,18,22-23H,7-8,17H2,1-6H3/t22?,23-/m0/s1. The number of aryl methyl sites for hydroxylation is 2. The van der Waals surface area contributed by atoms with Crippen molar-refractivity contribution in [3.8, 4) is 0 Å². The maximum Gasteiger partial charge on any atom is 0.0438 e. The summed E-state index contributed by atoms with van der Waals surface area (Å²) in [4.78, 5) is 2.80. The van der Waals surface area contributed by atoms with E-state index in [0.717, 1.165) is 12.8 Å². The lowest BCUT2D eigenvalue weighted by atomic mass is 9.84. The molecule has 1 saturated heterocycles. The van der Waals surface area contributed by atoms with Crippen molar-refractivity contribution in [1.82, 2.24) is 0 Å². The predicted molar refractivity (Wildman–Crippen MR) is 114 cm³/mol. The number of benzene rings is 2. The normalized spacial score (nSPS) is 22.2. The number of hydrogen-bond acceptors (Lipinski definition) is 1. The van der Waals surface area contributed by atoms with Crippen LogP contribution in [0.4, 0.5) is 5.69 Å². The van der Waals surface area contributed by atoms with Crippen LogP contribution in [0.15, 0.2) is 48.5 Å². The van der Waals surface area contributed by atoms with Gasteiger partial charge in [-0.2, -0.15) is 0 Å². The Labute approximate surface area is 160 Å². The van der Waals surface area contributed by atoms with Crippen molar-refractivity contribution in [1.29, 1.82) is 0 Å². The van der Waals surface area contributed by atoms with Gasteiger partial charge in [0.1, 0.15) is 0 Å². The number of hydrogen-bond donors (Lipinski definition) is 0. The summed E-state index contributed by atoms with van der Waals surface area (Å²) in [5, 5.41) is 0. The molecule has 0 amide bonds. The molecule has 26 heavy (non-hydrogen) atoms. The third-order valence-electron chi connectivity index (χ3n) is 6.20. The summed E-state index contributed by atoms with van der Waals surface area (Å²) in [7, 11) is 0. The first kappa shape index (κ1) is 19.0. The Balaban J connectivity index is 2.17. The molecule has 0 radical (unpaired) electrons. The quantitative estimate of drug-likeness (QED) is 0.587. The Kier molecular flexibility index (Phi) is 5.46. The highest BCUT2D eigenvalue weighted by molar-refractivity contribution is 5.64. The molecule has 1 unspecified atom stereocenters. The van der Waals surface area contributed by atoms with Gasteiger partial charge in [0, 0.05) is 23.2 Å². The molecular weight excluding hydrogens is 314 g/mol. The molecule has 0 N–H and O–H groups in total. The van der Waals surface area contributed by atoms with Crippen molar-refractivity contribution in [2.24, 2.45) is 5.92 Å². The van der Waals surface area contributed by atoms with E-state index in [0.29, 0.717) is 17.9 Å². The Hall–Kier alpha value is -1.76. The molecule has 0 aromatic heterocycles. The second-order valence-corrected chi connectivity index (χ2v) is 8.77. The van der Waals surface area contributed by atoms with Crippen molar-refractivity contribution >= 4 is 5.69 Å². The van der Waals surface area contributed by atoms with E-state index in [9.17, 15) is 0 Å². The molecule has 0 saturated carbocycles. The molecule has 1 aliphatic rings.